The van der Waals surface area contributed by atoms with Gasteiger partial charge in [0.15, 0.2) is 5.13 Å². The van der Waals surface area contributed by atoms with Crippen LogP contribution in [0.1, 0.15) is 60.4 Å². The summed E-state index contributed by atoms with van der Waals surface area (Å²) in [6.07, 6.45) is 8.69. The molecule has 6 rings (SSSR count). The van der Waals surface area contributed by atoms with E-state index in [1.165, 1.54) is 23.6 Å². The SMILES string of the molecule is CC(=O)N1CCC(Oc2ccc(N3CCC[C@@H]3c3csc(NC(=O)c4cccn4Cc4ccnc(F)c4)n3)cn2)CC1. The molecule has 0 aliphatic carbocycles. The fraction of sp³-hybridized carbons (Fsp3) is 0.367. The Kier molecular flexibility index (Phi) is 8.13. The number of aromatic nitrogens is 4. The first-order chi connectivity index (χ1) is 20.4. The number of nitrogens with zero attached hydrogens (tertiary/aromatic N) is 6. The summed E-state index contributed by atoms with van der Waals surface area (Å²) in [5.41, 5.74) is 3.09. The molecule has 0 unspecified atom stereocenters. The third-order valence-electron chi connectivity index (χ3n) is 7.77. The molecule has 2 fully saturated rings. The first kappa shape index (κ1) is 27.8. The maximum atomic E-state index is 13.5. The van der Waals surface area contributed by atoms with Crippen LogP contribution in [0.5, 0.6) is 5.88 Å². The quantitative estimate of drug-likeness (QED) is 0.291. The summed E-state index contributed by atoms with van der Waals surface area (Å²) in [5.74, 6) is -0.125. The highest BCUT2D eigenvalue weighted by Crippen LogP contribution is 2.37. The molecule has 0 aromatic carbocycles. The standard InChI is InChI=1S/C30H32FN7O3S/c1-20(39)36-14-9-23(10-15-36)41-28-7-6-22(17-33-28)38-13-3-4-25(38)24-19-42-30(34-24)35-29(40)26-5-2-12-37(26)18-21-8-11-32-27(31)16-21/h2,5-8,11-12,16-17,19,23,25H,3-4,9-10,13-15,18H2,1H3,(H,34,35,40)/t25-/m1/s1. The number of pyridine rings is 2. The molecule has 218 valence electrons. The smallest absolute Gasteiger partial charge is 0.274 e. The van der Waals surface area contributed by atoms with Gasteiger partial charge in [-0.25, -0.2) is 15.0 Å². The number of halogens is 1. The Bertz CT molecular complexity index is 1550. The van der Waals surface area contributed by atoms with Gasteiger partial charge in [-0.3, -0.25) is 14.9 Å². The van der Waals surface area contributed by atoms with Gasteiger partial charge in [0.2, 0.25) is 17.7 Å². The van der Waals surface area contributed by atoms with E-state index in [0.29, 0.717) is 36.3 Å². The second-order valence-electron chi connectivity index (χ2n) is 10.6. The summed E-state index contributed by atoms with van der Waals surface area (Å²) in [4.78, 5) is 41.7. The number of hydrogen-bond donors (Lipinski definition) is 1. The number of rotatable bonds is 8. The van der Waals surface area contributed by atoms with Gasteiger partial charge in [0, 0.05) is 69.8 Å². The van der Waals surface area contributed by atoms with E-state index in [9.17, 15) is 14.0 Å². The van der Waals surface area contributed by atoms with Crippen molar-refractivity contribution in [3.63, 3.8) is 0 Å². The number of nitrogens with one attached hydrogen (secondary N) is 1. The summed E-state index contributed by atoms with van der Waals surface area (Å²) in [7, 11) is 0. The fourth-order valence-electron chi connectivity index (χ4n) is 5.61. The normalized spacial score (nSPS) is 17.4. The molecular weight excluding hydrogens is 557 g/mol. The van der Waals surface area contributed by atoms with E-state index in [0.717, 1.165) is 49.2 Å². The minimum atomic E-state index is -0.551. The Morgan fingerprint density at radius 3 is 2.74 bits per heavy atom. The number of likely N-dealkylation sites (tertiary alicyclic amines) is 1. The van der Waals surface area contributed by atoms with Gasteiger partial charge in [-0.15, -0.1) is 11.3 Å². The number of piperidine rings is 1. The molecule has 12 heteroatoms. The van der Waals surface area contributed by atoms with Gasteiger partial charge in [-0.05, 0) is 48.7 Å². The van der Waals surface area contributed by atoms with Crippen molar-refractivity contribution in [1.82, 2.24) is 24.4 Å². The maximum absolute atomic E-state index is 13.5. The van der Waals surface area contributed by atoms with Crippen LogP contribution < -0.4 is 15.0 Å². The summed E-state index contributed by atoms with van der Waals surface area (Å²) >= 11 is 1.40. The lowest BCUT2D eigenvalue weighted by Gasteiger charge is -2.31. The van der Waals surface area contributed by atoms with Crippen molar-refractivity contribution in [3.05, 3.63) is 83.3 Å². The minimum Gasteiger partial charge on any atom is -0.474 e. The molecule has 42 heavy (non-hydrogen) atoms. The minimum absolute atomic E-state index is 0.0589. The molecule has 2 aliphatic heterocycles. The predicted octanol–water partition coefficient (Wildman–Crippen LogP) is 4.91. The zero-order valence-corrected chi connectivity index (χ0v) is 24.1. The molecule has 2 amide bonds. The van der Waals surface area contributed by atoms with Crippen LogP contribution in [0.2, 0.25) is 0 Å². The molecule has 0 spiro atoms. The third kappa shape index (κ3) is 6.28. The summed E-state index contributed by atoms with van der Waals surface area (Å²) in [6, 6.07) is 10.6. The van der Waals surface area contributed by atoms with Gasteiger partial charge in [-0.1, -0.05) is 0 Å². The van der Waals surface area contributed by atoms with Crippen molar-refractivity contribution in [3.8, 4) is 5.88 Å². The predicted molar refractivity (Wildman–Crippen MR) is 157 cm³/mol. The van der Waals surface area contributed by atoms with Crippen molar-refractivity contribution in [2.24, 2.45) is 0 Å². The van der Waals surface area contributed by atoms with Gasteiger partial charge in [0.05, 0.1) is 23.6 Å². The van der Waals surface area contributed by atoms with Crippen molar-refractivity contribution in [1.29, 1.82) is 0 Å². The van der Waals surface area contributed by atoms with Crippen LogP contribution in [0.4, 0.5) is 15.2 Å². The molecule has 4 aromatic rings. The average molecular weight is 590 g/mol. The Morgan fingerprint density at radius 2 is 1.98 bits per heavy atom. The second-order valence-corrected chi connectivity index (χ2v) is 11.4. The lowest BCUT2D eigenvalue weighted by Crippen LogP contribution is -2.40. The number of anilines is 2. The molecule has 2 aliphatic rings. The number of carbonyl (C=O) groups is 2. The monoisotopic (exact) mass is 589 g/mol. The fourth-order valence-corrected chi connectivity index (χ4v) is 6.36. The first-order valence-electron chi connectivity index (χ1n) is 14.1. The number of thiazole rings is 1. The van der Waals surface area contributed by atoms with Crippen LogP contribution in [0, 0.1) is 5.95 Å². The van der Waals surface area contributed by atoms with E-state index in [4.69, 9.17) is 9.72 Å². The molecule has 6 heterocycles. The summed E-state index contributed by atoms with van der Waals surface area (Å²) in [5, 5.41) is 5.45. The van der Waals surface area contributed by atoms with Crippen LogP contribution in [0.3, 0.4) is 0 Å². The second kappa shape index (κ2) is 12.3. The van der Waals surface area contributed by atoms with Crippen molar-refractivity contribution in [2.45, 2.75) is 51.3 Å². The molecular formula is C30H32FN7O3S. The van der Waals surface area contributed by atoms with Gasteiger partial charge < -0.3 is 19.1 Å². The summed E-state index contributed by atoms with van der Waals surface area (Å²) < 4.78 is 21.4. The van der Waals surface area contributed by atoms with E-state index in [2.05, 4.69) is 20.2 Å². The number of amides is 2. The lowest BCUT2D eigenvalue weighted by molar-refractivity contribution is -0.130. The molecule has 2 saturated heterocycles. The van der Waals surface area contributed by atoms with Crippen molar-refractivity contribution in [2.75, 3.05) is 29.9 Å². The highest BCUT2D eigenvalue weighted by atomic mass is 32.1. The number of hydrogen-bond acceptors (Lipinski definition) is 8. The van der Waals surface area contributed by atoms with E-state index in [1.54, 1.807) is 35.9 Å². The van der Waals surface area contributed by atoms with Crippen LogP contribution >= 0.6 is 11.3 Å². The van der Waals surface area contributed by atoms with E-state index < -0.39 is 5.95 Å². The largest absolute Gasteiger partial charge is 0.474 e. The van der Waals surface area contributed by atoms with Crippen LogP contribution in [0.15, 0.2) is 60.4 Å². The van der Waals surface area contributed by atoms with Gasteiger partial charge in [0.25, 0.3) is 5.91 Å². The molecule has 0 radical (unpaired) electrons. The highest BCUT2D eigenvalue weighted by molar-refractivity contribution is 7.14. The summed E-state index contributed by atoms with van der Waals surface area (Å²) in [6.45, 7) is 4.27. The van der Waals surface area contributed by atoms with E-state index in [1.807, 2.05) is 28.6 Å². The first-order valence-corrected chi connectivity index (χ1v) is 15.0. The van der Waals surface area contributed by atoms with Crippen molar-refractivity contribution < 1.29 is 18.7 Å². The topological polar surface area (TPSA) is 105 Å². The Hall–Kier alpha value is -4.32. The highest BCUT2D eigenvalue weighted by Gasteiger charge is 2.29. The van der Waals surface area contributed by atoms with Crippen LogP contribution in [-0.2, 0) is 11.3 Å². The Labute approximate surface area is 247 Å². The van der Waals surface area contributed by atoms with Gasteiger partial charge >= 0.3 is 0 Å². The van der Waals surface area contributed by atoms with Crippen molar-refractivity contribution >= 4 is 34.0 Å². The van der Waals surface area contributed by atoms with Crippen LogP contribution in [-0.4, -0.2) is 62.0 Å². The molecule has 0 bridgehead atoms. The zero-order chi connectivity index (χ0) is 29.1. The van der Waals surface area contributed by atoms with E-state index >= 15 is 0 Å². The zero-order valence-electron chi connectivity index (χ0n) is 23.3. The molecule has 10 nitrogen and oxygen atoms in total. The molecule has 1 atom stereocenters. The van der Waals surface area contributed by atoms with Gasteiger partial charge in [-0.2, -0.15) is 4.39 Å². The third-order valence-corrected chi connectivity index (χ3v) is 8.55. The average Bonchev–Trinajstić information content (AvgIpc) is 3.75. The molecule has 1 N–H and O–H groups in total. The lowest BCUT2D eigenvalue weighted by atomic mass is 10.1. The van der Waals surface area contributed by atoms with Gasteiger partial charge in [0.1, 0.15) is 11.8 Å². The Morgan fingerprint density at radius 1 is 1.12 bits per heavy atom. The molecule has 4 aromatic heterocycles. The number of ether oxygens (including phenoxy) is 1. The Balaban J connectivity index is 1.07. The maximum Gasteiger partial charge on any atom is 0.274 e. The number of carbonyl (C=O) groups excluding carboxylic acids is 2. The molecule has 0 saturated carbocycles. The van der Waals surface area contributed by atoms with Crippen LogP contribution in [0.25, 0.3) is 0 Å². The van der Waals surface area contributed by atoms with E-state index in [-0.39, 0.29) is 24.0 Å².